The molecule has 0 saturated carbocycles. The van der Waals surface area contributed by atoms with Crippen LogP contribution in [0.3, 0.4) is 0 Å². The van der Waals surface area contributed by atoms with Gasteiger partial charge in [0.15, 0.2) is 5.17 Å². The van der Waals surface area contributed by atoms with Gasteiger partial charge in [-0.05, 0) is 66.6 Å². The lowest BCUT2D eigenvalue weighted by Gasteiger charge is -2.32. The molecule has 10 heteroatoms. The Labute approximate surface area is 216 Å². The first-order valence-corrected chi connectivity index (χ1v) is 12.2. The second kappa shape index (κ2) is 11.4. The molecule has 4 rings (SSSR count). The number of carbonyl (C=O) groups excluding carboxylic acids is 2. The van der Waals surface area contributed by atoms with Crippen LogP contribution in [0.15, 0.2) is 77.8 Å². The lowest BCUT2D eigenvalue weighted by molar-refractivity contribution is -0.129. The number of carbonyl (C=O) groups is 3. The zero-order chi connectivity index (χ0) is 25.7. The summed E-state index contributed by atoms with van der Waals surface area (Å²) in [5, 5.41) is 11.9. The number of halogens is 2. The number of carboxylic acid groups (broad SMARTS) is 1. The fraction of sp³-hybridized carbons (Fsp3) is 0.154. The predicted molar refractivity (Wildman–Crippen MR) is 138 cm³/mol. The van der Waals surface area contributed by atoms with E-state index in [1.54, 1.807) is 42.5 Å². The maximum atomic E-state index is 14.1. The van der Waals surface area contributed by atoms with Gasteiger partial charge in [-0.15, -0.1) is 0 Å². The van der Waals surface area contributed by atoms with E-state index >= 15 is 0 Å². The van der Waals surface area contributed by atoms with E-state index in [-0.39, 0.29) is 36.7 Å². The molecule has 1 aliphatic rings. The van der Waals surface area contributed by atoms with Crippen molar-refractivity contribution in [2.75, 3.05) is 11.9 Å². The minimum Gasteiger partial charge on any atom is -0.478 e. The number of hydrogen-bond acceptors (Lipinski definition) is 5. The molecule has 7 nitrogen and oxygen atoms in total. The summed E-state index contributed by atoms with van der Waals surface area (Å²) in [6.07, 6.45) is 0.214. The van der Waals surface area contributed by atoms with Gasteiger partial charge in [0.25, 0.3) is 0 Å². The Morgan fingerprint density at radius 2 is 1.78 bits per heavy atom. The molecule has 1 heterocycles. The number of benzene rings is 3. The minimum absolute atomic E-state index is 0.0688. The Kier molecular flexibility index (Phi) is 8.02. The number of amides is 2. The Bertz CT molecular complexity index is 1320. The molecule has 1 atom stereocenters. The number of rotatable bonds is 7. The second-order valence-electron chi connectivity index (χ2n) is 7.94. The number of carboxylic acids is 1. The monoisotopic (exact) mass is 525 g/mol. The Morgan fingerprint density at radius 3 is 2.44 bits per heavy atom. The van der Waals surface area contributed by atoms with E-state index in [2.05, 4.69) is 10.3 Å². The summed E-state index contributed by atoms with van der Waals surface area (Å²) in [4.78, 5) is 43.2. The van der Waals surface area contributed by atoms with E-state index in [4.69, 9.17) is 16.7 Å². The van der Waals surface area contributed by atoms with Crippen molar-refractivity contribution in [3.63, 3.8) is 0 Å². The molecule has 0 aliphatic carbocycles. The number of thioether (sulfide) groups is 1. The van der Waals surface area contributed by atoms with Gasteiger partial charge >= 0.3 is 5.97 Å². The van der Waals surface area contributed by atoms with Gasteiger partial charge in [0, 0.05) is 23.7 Å². The van der Waals surface area contributed by atoms with Crippen LogP contribution in [0.2, 0.25) is 5.02 Å². The van der Waals surface area contributed by atoms with Crippen LogP contribution in [0, 0.1) is 5.82 Å². The fourth-order valence-corrected chi connectivity index (χ4v) is 4.79. The van der Waals surface area contributed by atoms with Crippen molar-refractivity contribution >= 4 is 57.7 Å². The van der Waals surface area contributed by atoms with Crippen LogP contribution in [0.4, 0.5) is 15.8 Å². The number of aliphatic imine (C=N–C) groups is 1. The quantitative estimate of drug-likeness (QED) is 0.431. The highest BCUT2D eigenvalue weighted by atomic mass is 35.5. The highest BCUT2D eigenvalue weighted by molar-refractivity contribution is 8.15. The number of nitrogens with one attached hydrogen (secondary N) is 1. The Morgan fingerprint density at radius 1 is 1.08 bits per heavy atom. The van der Waals surface area contributed by atoms with Gasteiger partial charge in [0.2, 0.25) is 11.8 Å². The first-order valence-electron chi connectivity index (χ1n) is 11.0. The van der Waals surface area contributed by atoms with Gasteiger partial charge in [0.1, 0.15) is 11.1 Å². The Hall–Kier alpha value is -3.69. The Balaban J connectivity index is 1.54. The van der Waals surface area contributed by atoms with Crippen molar-refractivity contribution in [1.29, 1.82) is 0 Å². The molecule has 2 N–H and O–H groups in total. The van der Waals surface area contributed by atoms with Crippen LogP contribution in [0.25, 0.3) is 0 Å². The summed E-state index contributed by atoms with van der Waals surface area (Å²) in [5.41, 5.74) is 1.54. The molecule has 1 aliphatic heterocycles. The molecule has 2 amide bonds. The highest BCUT2D eigenvalue weighted by Gasteiger charge is 2.36. The summed E-state index contributed by atoms with van der Waals surface area (Å²) < 4.78 is 14.1. The highest BCUT2D eigenvalue weighted by Crippen LogP contribution is 2.30. The van der Waals surface area contributed by atoms with Gasteiger partial charge in [-0.3, -0.25) is 14.5 Å². The topological polar surface area (TPSA) is 99.1 Å². The molecular formula is C26H21ClFN3O4S. The largest absolute Gasteiger partial charge is 0.478 e. The van der Waals surface area contributed by atoms with Gasteiger partial charge in [0.05, 0.1) is 11.3 Å². The molecular weight excluding hydrogens is 505 g/mol. The van der Waals surface area contributed by atoms with Crippen molar-refractivity contribution in [2.45, 2.75) is 18.1 Å². The number of nitrogens with zero attached hydrogens (tertiary/aromatic N) is 2. The van der Waals surface area contributed by atoms with Crippen molar-refractivity contribution in [3.8, 4) is 0 Å². The number of amidine groups is 1. The fourth-order valence-electron chi connectivity index (χ4n) is 3.54. The lowest BCUT2D eigenvalue weighted by Crippen LogP contribution is -2.46. The molecule has 3 aromatic rings. The van der Waals surface area contributed by atoms with E-state index in [0.29, 0.717) is 27.1 Å². The van der Waals surface area contributed by atoms with Gasteiger partial charge in [-0.1, -0.05) is 41.6 Å². The average Bonchev–Trinajstić information content (AvgIpc) is 2.86. The van der Waals surface area contributed by atoms with Crippen LogP contribution in [-0.4, -0.2) is 44.8 Å². The molecule has 0 aromatic heterocycles. The first kappa shape index (κ1) is 25.4. The van der Waals surface area contributed by atoms with E-state index in [0.717, 1.165) is 11.8 Å². The molecule has 1 unspecified atom stereocenters. The number of aromatic carboxylic acids is 1. The minimum atomic E-state index is -1.07. The maximum absolute atomic E-state index is 14.1. The third kappa shape index (κ3) is 6.30. The van der Waals surface area contributed by atoms with Crippen molar-refractivity contribution in [3.05, 3.63) is 94.8 Å². The van der Waals surface area contributed by atoms with Crippen LogP contribution >= 0.6 is 23.4 Å². The number of anilines is 1. The van der Waals surface area contributed by atoms with E-state index in [1.807, 2.05) is 0 Å². The third-order valence-electron chi connectivity index (χ3n) is 5.45. The van der Waals surface area contributed by atoms with Crippen LogP contribution in [0.1, 0.15) is 22.3 Å². The molecule has 0 spiro atoms. The molecule has 0 bridgehead atoms. The molecule has 0 radical (unpaired) electrons. The zero-order valence-corrected chi connectivity index (χ0v) is 20.4. The van der Waals surface area contributed by atoms with E-state index < -0.39 is 17.1 Å². The zero-order valence-electron chi connectivity index (χ0n) is 18.9. The predicted octanol–water partition coefficient (Wildman–Crippen LogP) is 5.38. The maximum Gasteiger partial charge on any atom is 0.335 e. The van der Waals surface area contributed by atoms with Gasteiger partial charge in [-0.25, -0.2) is 14.2 Å². The summed E-state index contributed by atoms with van der Waals surface area (Å²) in [6, 6.07) is 18.9. The summed E-state index contributed by atoms with van der Waals surface area (Å²) in [7, 11) is 0. The molecule has 1 saturated heterocycles. The first-order chi connectivity index (χ1) is 17.3. The normalized spacial score (nSPS) is 16.7. The van der Waals surface area contributed by atoms with Crippen molar-refractivity contribution in [2.24, 2.45) is 4.99 Å². The van der Waals surface area contributed by atoms with E-state index in [9.17, 15) is 18.8 Å². The van der Waals surface area contributed by atoms with Crippen LogP contribution in [-0.2, 0) is 16.0 Å². The van der Waals surface area contributed by atoms with Gasteiger partial charge in [-0.2, -0.15) is 0 Å². The third-order valence-corrected chi connectivity index (χ3v) is 6.89. The molecule has 3 aromatic carbocycles. The number of hydrogen-bond donors (Lipinski definition) is 2. The molecule has 1 fully saturated rings. The smallest absolute Gasteiger partial charge is 0.335 e. The van der Waals surface area contributed by atoms with Crippen molar-refractivity contribution in [1.82, 2.24) is 4.90 Å². The summed E-state index contributed by atoms with van der Waals surface area (Å²) in [6.45, 7) is 0.199. The second-order valence-corrected chi connectivity index (χ2v) is 9.55. The summed E-state index contributed by atoms with van der Waals surface area (Å²) >= 11 is 7.11. The molecule has 36 heavy (non-hydrogen) atoms. The average molecular weight is 526 g/mol. The van der Waals surface area contributed by atoms with Crippen LogP contribution < -0.4 is 5.32 Å². The van der Waals surface area contributed by atoms with Crippen molar-refractivity contribution < 1.29 is 23.9 Å². The van der Waals surface area contributed by atoms with Gasteiger partial charge < -0.3 is 10.4 Å². The lowest BCUT2D eigenvalue weighted by atomic mass is 10.1. The standard InChI is InChI=1S/C26H21ClFN3O4S/c27-18-7-11-20(12-8-18)30-26-31(14-13-16-3-1-2-4-21(16)28)23(32)15-22(36-26)24(33)29-19-9-5-17(6-10-19)25(34)35/h1-12,22H,13-15H2,(H,29,33)(H,34,35). The van der Waals surface area contributed by atoms with Crippen LogP contribution in [0.5, 0.6) is 0 Å². The summed E-state index contributed by atoms with van der Waals surface area (Å²) in [5.74, 6) is -2.13. The molecule has 184 valence electrons. The van der Waals surface area contributed by atoms with E-state index in [1.165, 1.54) is 35.2 Å². The SMILES string of the molecule is O=C(O)c1ccc(NC(=O)C2CC(=O)N(CCc3ccccc3F)C(=Nc3ccc(Cl)cc3)S2)cc1.